The number of halogens is 2. The highest BCUT2D eigenvalue weighted by atomic mass is 35.5. The fourth-order valence-electron chi connectivity index (χ4n) is 3.82. The number of thiophene rings is 1. The molecule has 2 heterocycles. The van der Waals surface area contributed by atoms with Crippen LogP contribution in [-0.4, -0.2) is 68.6 Å². The molecule has 0 aliphatic carbocycles. The number of benzene rings is 1. The zero-order valence-electron chi connectivity index (χ0n) is 20.2. The van der Waals surface area contributed by atoms with Crippen molar-refractivity contribution in [1.29, 1.82) is 0 Å². The number of morpholine rings is 1. The van der Waals surface area contributed by atoms with E-state index in [0.717, 1.165) is 11.3 Å². The maximum absolute atomic E-state index is 14.8. The lowest BCUT2D eigenvalue weighted by molar-refractivity contribution is -0.125. The van der Waals surface area contributed by atoms with Gasteiger partial charge in [0.25, 0.3) is 11.8 Å². The Morgan fingerprint density at radius 1 is 1.29 bits per heavy atom. The molecule has 2 aromatic rings. The first-order valence-electron chi connectivity index (χ1n) is 11.2. The number of hydrogen-bond donors (Lipinski definition) is 2. The first kappa shape index (κ1) is 27.1. The van der Waals surface area contributed by atoms with Crippen molar-refractivity contribution < 1.29 is 23.5 Å². The summed E-state index contributed by atoms with van der Waals surface area (Å²) in [6.07, 6.45) is 0. The number of anilines is 2. The highest BCUT2D eigenvalue weighted by Gasteiger charge is 2.28. The maximum Gasteiger partial charge on any atom is 0.261 e. The second-order valence-electron chi connectivity index (χ2n) is 9.56. The van der Waals surface area contributed by atoms with Gasteiger partial charge < -0.3 is 20.3 Å². The Kier molecular flexibility index (Phi) is 8.87. The first-order valence-corrected chi connectivity index (χ1v) is 12.4. The first-order chi connectivity index (χ1) is 16.4. The lowest BCUT2D eigenvalue weighted by atomic mass is 9.95. The van der Waals surface area contributed by atoms with Gasteiger partial charge in [0.2, 0.25) is 5.91 Å². The molecule has 35 heavy (non-hydrogen) atoms. The van der Waals surface area contributed by atoms with Crippen molar-refractivity contribution in [2.45, 2.75) is 26.8 Å². The molecular weight excluding hydrogens is 495 g/mol. The van der Waals surface area contributed by atoms with Crippen molar-refractivity contribution in [2.75, 3.05) is 50.1 Å². The molecule has 11 heteroatoms. The second-order valence-corrected chi connectivity index (χ2v) is 11.3. The van der Waals surface area contributed by atoms with Crippen LogP contribution in [0.2, 0.25) is 4.34 Å². The van der Waals surface area contributed by atoms with Crippen LogP contribution in [0.3, 0.4) is 0 Å². The van der Waals surface area contributed by atoms with E-state index >= 15 is 0 Å². The quantitative estimate of drug-likeness (QED) is 0.550. The van der Waals surface area contributed by atoms with Crippen LogP contribution in [0.4, 0.5) is 15.8 Å². The van der Waals surface area contributed by atoms with Crippen molar-refractivity contribution in [3.63, 3.8) is 0 Å². The molecule has 0 saturated carbocycles. The zero-order chi connectivity index (χ0) is 25.8. The van der Waals surface area contributed by atoms with E-state index in [0.29, 0.717) is 22.4 Å². The Morgan fingerprint density at radius 3 is 2.63 bits per heavy atom. The van der Waals surface area contributed by atoms with E-state index in [1.807, 2.05) is 25.7 Å². The number of nitrogens with one attached hydrogen (secondary N) is 2. The molecule has 0 unspecified atom stereocenters. The topological polar surface area (TPSA) is 91.0 Å². The number of amides is 3. The van der Waals surface area contributed by atoms with Gasteiger partial charge in [-0.05, 0) is 42.8 Å². The van der Waals surface area contributed by atoms with Gasteiger partial charge in [-0.3, -0.25) is 19.3 Å². The molecule has 1 aromatic carbocycles. The molecule has 1 aliphatic heterocycles. The van der Waals surface area contributed by atoms with E-state index in [1.165, 1.54) is 17.0 Å². The third-order valence-corrected chi connectivity index (χ3v) is 6.53. The van der Waals surface area contributed by atoms with E-state index in [2.05, 4.69) is 10.6 Å². The molecule has 1 aliphatic rings. The van der Waals surface area contributed by atoms with Crippen molar-refractivity contribution in [2.24, 2.45) is 5.41 Å². The van der Waals surface area contributed by atoms with Crippen LogP contribution in [0.5, 0.6) is 0 Å². The van der Waals surface area contributed by atoms with Crippen molar-refractivity contribution in [1.82, 2.24) is 10.2 Å². The third kappa shape index (κ3) is 7.47. The fraction of sp³-hybridized carbons (Fsp3) is 0.458. The summed E-state index contributed by atoms with van der Waals surface area (Å²) >= 11 is 7.07. The summed E-state index contributed by atoms with van der Waals surface area (Å²) in [7, 11) is 1.80. The van der Waals surface area contributed by atoms with Crippen LogP contribution in [0.15, 0.2) is 30.3 Å². The van der Waals surface area contributed by atoms with E-state index in [4.69, 9.17) is 16.3 Å². The predicted octanol–water partition coefficient (Wildman–Crippen LogP) is 3.62. The minimum atomic E-state index is -0.711. The lowest BCUT2D eigenvalue weighted by Gasteiger charge is -2.32. The summed E-state index contributed by atoms with van der Waals surface area (Å²) in [5, 5.41) is 5.53. The molecule has 1 aromatic heterocycles. The number of rotatable bonds is 8. The van der Waals surface area contributed by atoms with Crippen LogP contribution in [0.1, 0.15) is 30.4 Å². The predicted molar refractivity (Wildman–Crippen MR) is 136 cm³/mol. The van der Waals surface area contributed by atoms with Crippen LogP contribution in [0, 0.1) is 11.2 Å². The van der Waals surface area contributed by atoms with Crippen molar-refractivity contribution >= 4 is 52.0 Å². The molecule has 2 N–H and O–H groups in total. The number of carbonyl (C=O) groups is 3. The molecule has 1 saturated heterocycles. The Hall–Kier alpha value is -2.53. The van der Waals surface area contributed by atoms with E-state index in [1.54, 1.807) is 25.2 Å². The number of ether oxygens (including phenoxy) is 1. The lowest BCUT2D eigenvalue weighted by Crippen LogP contribution is -2.51. The fourth-order valence-corrected chi connectivity index (χ4v) is 4.78. The number of nitrogens with zero attached hydrogens (tertiary/aromatic N) is 2. The number of carbonyl (C=O) groups excluding carboxylic acids is 3. The van der Waals surface area contributed by atoms with Gasteiger partial charge >= 0.3 is 0 Å². The Bertz CT molecular complexity index is 1090. The van der Waals surface area contributed by atoms with Gasteiger partial charge in [-0.15, -0.1) is 11.3 Å². The Labute approximate surface area is 213 Å². The summed E-state index contributed by atoms with van der Waals surface area (Å²) in [4.78, 5) is 41.4. The van der Waals surface area contributed by atoms with Gasteiger partial charge in [0, 0.05) is 25.3 Å². The second kappa shape index (κ2) is 11.5. The molecular formula is C24H30ClFN4O4S. The minimum absolute atomic E-state index is 0.0512. The third-order valence-electron chi connectivity index (χ3n) is 5.30. The number of hydrogen-bond acceptors (Lipinski definition) is 6. The van der Waals surface area contributed by atoms with Gasteiger partial charge in [0.1, 0.15) is 18.5 Å². The van der Waals surface area contributed by atoms with Gasteiger partial charge in [0.05, 0.1) is 21.5 Å². The van der Waals surface area contributed by atoms with Gasteiger partial charge in [-0.2, -0.15) is 0 Å². The Morgan fingerprint density at radius 2 is 2.03 bits per heavy atom. The van der Waals surface area contributed by atoms with E-state index in [9.17, 15) is 18.8 Å². The van der Waals surface area contributed by atoms with E-state index < -0.39 is 17.8 Å². The molecule has 1 fully saturated rings. The molecule has 3 amide bonds. The summed E-state index contributed by atoms with van der Waals surface area (Å²) in [5.41, 5.74) is 0.291. The molecule has 0 spiro atoms. The number of likely N-dealkylation sites (N-methyl/N-ethyl adjacent to an activating group) is 1. The van der Waals surface area contributed by atoms with Crippen molar-refractivity contribution in [3.8, 4) is 0 Å². The average molecular weight is 525 g/mol. The normalized spacial score (nSPS) is 15.3. The average Bonchev–Trinajstić information content (AvgIpc) is 3.20. The standard InChI is InChI=1S/C24H30ClFN4O4S/c1-24(2,3)14-29(4)18(12-27-23(33)19-7-8-20(25)35-19)22(32)28-15-5-6-17(16(26)11-15)30-9-10-34-13-21(30)31/h5-8,11,18H,9-10,12-14H2,1-4H3,(H,27,33)(H,28,32)/t18-/m0/s1. The van der Waals surface area contributed by atoms with Crippen LogP contribution in [-0.2, 0) is 14.3 Å². The van der Waals surface area contributed by atoms with Gasteiger partial charge in [-0.25, -0.2) is 4.39 Å². The monoisotopic (exact) mass is 524 g/mol. The van der Waals surface area contributed by atoms with Crippen LogP contribution < -0.4 is 15.5 Å². The van der Waals surface area contributed by atoms with Gasteiger partial charge in [-0.1, -0.05) is 32.4 Å². The molecule has 0 bridgehead atoms. The molecule has 3 rings (SSSR count). The molecule has 8 nitrogen and oxygen atoms in total. The Balaban J connectivity index is 1.73. The summed E-state index contributed by atoms with van der Waals surface area (Å²) < 4.78 is 20.4. The summed E-state index contributed by atoms with van der Waals surface area (Å²) in [6.45, 7) is 7.27. The molecule has 0 radical (unpaired) electrons. The van der Waals surface area contributed by atoms with Gasteiger partial charge in [0.15, 0.2) is 0 Å². The van der Waals surface area contributed by atoms with Crippen molar-refractivity contribution in [3.05, 3.63) is 45.4 Å². The largest absolute Gasteiger partial charge is 0.370 e. The highest BCUT2D eigenvalue weighted by Crippen LogP contribution is 2.25. The minimum Gasteiger partial charge on any atom is -0.370 e. The molecule has 190 valence electrons. The SMILES string of the molecule is CN(CC(C)(C)C)[C@@H](CNC(=O)c1ccc(Cl)s1)C(=O)Nc1ccc(N2CCOCC2=O)c(F)c1. The highest BCUT2D eigenvalue weighted by molar-refractivity contribution is 7.18. The molecule has 1 atom stereocenters. The zero-order valence-corrected chi connectivity index (χ0v) is 21.8. The van der Waals surface area contributed by atoms with Crippen LogP contribution in [0.25, 0.3) is 0 Å². The smallest absolute Gasteiger partial charge is 0.261 e. The summed E-state index contributed by atoms with van der Waals surface area (Å²) in [6, 6.07) is 6.75. The summed E-state index contributed by atoms with van der Waals surface area (Å²) in [5.74, 6) is -1.66. The van der Waals surface area contributed by atoms with E-state index in [-0.39, 0.29) is 48.3 Å². The maximum atomic E-state index is 14.8. The van der Waals surface area contributed by atoms with Crippen LogP contribution >= 0.6 is 22.9 Å².